The van der Waals surface area contributed by atoms with Crippen LogP contribution in [0, 0.1) is 5.82 Å². The van der Waals surface area contributed by atoms with Crippen molar-refractivity contribution in [2.24, 2.45) is 0 Å². The van der Waals surface area contributed by atoms with Crippen molar-refractivity contribution in [3.8, 4) is 0 Å². The molecule has 2 rings (SSSR count). The molecule has 5 nitrogen and oxygen atoms in total. The highest BCUT2D eigenvalue weighted by molar-refractivity contribution is 7.89. The number of hydrogen-bond donors (Lipinski definition) is 1. The van der Waals surface area contributed by atoms with Gasteiger partial charge in [0.15, 0.2) is 5.82 Å². The second-order valence-electron chi connectivity index (χ2n) is 4.90. The maximum absolute atomic E-state index is 14.1. The van der Waals surface area contributed by atoms with Gasteiger partial charge in [-0.05, 0) is 25.0 Å². The minimum Gasteiger partial charge on any atom is -0.396 e. The van der Waals surface area contributed by atoms with Gasteiger partial charge >= 0.3 is 0 Å². The first-order chi connectivity index (χ1) is 9.86. The van der Waals surface area contributed by atoms with Crippen molar-refractivity contribution >= 4 is 27.3 Å². The van der Waals surface area contributed by atoms with Gasteiger partial charge in [0.25, 0.3) is 0 Å². The molecule has 0 aliphatic carbocycles. The smallest absolute Gasteiger partial charge is 0.246 e. The van der Waals surface area contributed by atoms with Crippen LogP contribution in [0.5, 0.6) is 0 Å². The topological polar surface area (TPSA) is 72.6 Å². The zero-order valence-electron chi connectivity index (χ0n) is 11.7. The Labute approximate surface area is 128 Å². The van der Waals surface area contributed by atoms with Gasteiger partial charge in [-0.15, -0.1) is 0 Å². The fraction of sp³-hybridized carbons (Fsp3) is 0.538. The van der Waals surface area contributed by atoms with E-state index in [1.54, 1.807) is 6.92 Å². The van der Waals surface area contributed by atoms with E-state index in [0.717, 1.165) is 18.9 Å². The van der Waals surface area contributed by atoms with Gasteiger partial charge < -0.3 is 10.5 Å². The fourth-order valence-electron chi connectivity index (χ4n) is 2.32. The van der Waals surface area contributed by atoms with E-state index in [-0.39, 0.29) is 29.9 Å². The summed E-state index contributed by atoms with van der Waals surface area (Å²) < 4.78 is 45.9. The average Bonchev–Trinajstić information content (AvgIpc) is 2.92. The molecule has 1 atom stereocenters. The van der Waals surface area contributed by atoms with Crippen LogP contribution < -0.4 is 5.73 Å². The number of ether oxygens (including phenoxy) is 1. The number of hydrogen-bond acceptors (Lipinski definition) is 4. The van der Waals surface area contributed by atoms with Gasteiger partial charge in [0.1, 0.15) is 4.90 Å². The lowest BCUT2D eigenvalue weighted by molar-refractivity contribution is 0.0946. The number of nitrogens with two attached hydrogens (primary N) is 1. The Kier molecular flexibility index (Phi) is 5.08. The predicted octanol–water partition coefficient (Wildman–Crippen LogP) is 2.25. The molecule has 1 saturated heterocycles. The Balaban J connectivity index is 2.34. The van der Waals surface area contributed by atoms with Crippen LogP contribution in [0.1, 0.15) is 19.8 Å². The van der Waals surface area contributed by atoms with E-state index in [1.165, 1.54) is 10.4 Å². The molecule has 0 amide bonds. The molecule has 1 aliphatic heterocycles. The van der Waals surface area contributed by atoms with Crippen LogP contribution in [-0.4, -0.2) is 38.5 Å². The lowest BCUT2D eigenvalue weighted by Crippen LogP contribution is -2.37. The summed E-state index contributed by atoms with van der Waals surface area (Å²) in [5, 5.41) is 0.0839. The molecule has 0 aromatic heterocycles. The molecule has 0 bridgehead atoms. The number of rotatable bonds is 5. The summed E-state index contributed by atoms with van der Waals surface area (Å²) in [6.45, 7) is 2.73. The summed E-state index contributed by atoms with van der Waals surface area (Å²) in [5.74, 6) is -0.967. The second kappa shape index (κ2) is 6.48. The molecule has 21 heavy (non-hydrogen) atoms. The summed E-state index contributed by atoms with van der Waals surface area (Å²) in [6.07, 6.45) is 1.55. The minimum atomic E-state index is -4.00. The van der Waals surface area contributed by atoms with Crippen molar-refractivity contribution < 1.29 is 17.5 Å². The van der Waals surface area contributed by atoms with E-state index in [2.05, 4.69) is 0 Å². The molecule has 1 heterocycles. The highest BCUT2D eigenvalue weighted by Gasteiger charge is 2.31. The number of likely N-dealkylation sites (N-methyl/N-ethyl adjacent to an activating group) is 1. The number of halogens is 2. The van der Waals surface area contributed by atoms with Crippen LogP contribution in [-0.2, 0) is 14.8 Å². The third kappa shape index (κ3) is 3.48. The highest BCUT2D eigenvalue weighted by Crippen LogP contribution is 2.28. The monoisotopic (exact) mass is 336 g/mol. The van der Waals surface area contributed by atoms with Gasteiger partial charge in [-0.1, -0.05) is 18.5 Å². The highest BCUT2D eigenvalue weighted by atomic mass is 35.5. The SMILES string of the molecule is CCN(CC1CCCO1)S(=O)(=O)c1cc(Cl)cc(N)c1F. The van der Waals surface area contributed by atoms with E-state index in [9.17, 15) is 12.8 Å². The number of anilines is 1. The molecule has 1 aromatic rings. The fourth-order valence-corrected chi connectivity index (χ4v) is 4.22. The molecule has 1 aliphatic rings. The third-order valence-corrected chi connectivity index (χ3v) is 5.59. The standard InChI is InChI=1S/C13H18ClFN2O3S/c1-2-17(8-10-4-3-5-20-10)21(18,19)12-7-9(14)6-11(16)13(12)15/h6-7,10H,2-5,8,16H2,1H3. The van der Waals surface area contributed by atoms with E-state index < -0.39 is 20.7 Å². The summed E-state index contributed by atoms with van der Waals surface area (Å²) in [5.41, 5.74) is 5.17. The van der Waals surface area contributed by atoms with Crippen molar-refractivity contribution in [3.63, 3.8) is 0 Å². The molecule has 1 fully saturated rings. The predicted molar refractivity (Wildman–Crippen MR) is 79.2 cm³/mol. The summed E-state index contributed by atoms with van der Waals surface area (Å²) in [6, 6.07) is 2.27. The molecule has 1 unspecified atom stereocenters. The van der Waals surface area contributed by atoms with Gasteiger partial charge in [0.05, 0.1) is 11.8 Å². The van der Waals surface area contributed by atoms with Crippen molar-refractivity contribution in [1.82, 2.24) is 4.31 Å². The van der Waals surface area contributed by atoms with Crippen LogP contribution in [0.15, 0.2) is 17.0 Å². The van der Waals surface area contributed by atoms with Crippen LogP contribution in [0.4, 0.5) is 10.1 Å². The molecule has 8 heteroatoms. The Bertz CT molecular complexity index is 618. The molecular formula is C13H18ClFN2O3S. The number of benzene rings is 1. The zero-order chi connectivity index (χ0) is 15.6. The van der Waals surface area contributed by atoms with Crippen molar-refractivity contribution in [2.75, 3.05) is 25.4 Å². The first-order valence-corrected chi connectivity index (χ1v) is 8.54. The summed E-state index contributed by atoms with van der Waals surface area (Å²) in [7, 11) is -4.00. The lowest BCUT2D eigenvalue weighted by Gasteiger charge is -2.24. The lowest BCUT2D eigenvalue weighted by atomic mass is 10.2. The van der Waals surface area contributed by atoms with Crippen LogP contribution in [0.25, 0.3) is 0 Å². The van der Waals surface area contributed by atoms with Gasteiger partial charge in [-0.25, -0.2) is 12.8 Å². The van der Waals surface area contributed by atoms with Crippen LogP contribution >= 0.6 is 11.6 Å². The molecule has 0 saturated carbocycles. The molecule has 0 radical (unpaired) electrons. The minimum absolute atomic E-state index is 0.0839. The average molecular weight is 337 g/mol. The Morgan fingerprint density at radius 1 is 1.52 bits per heavy atom. The second-order valence-corrected chi connectivity index (χ2v) is 7.24. The van der Waals surface area contributed by atoms with E-state index in [4.69, 9.17) is 22.1 Å². The Hall–Kier alpha value is -0.890. The van der Waals surface area contributed by atoms with E-state index in [0.29, 0.717) is 6.61 Å². The van der Waals surface area contributed by atoms with E-state index >= 15 is 0 Å². The molecule has 1 aromatic carbocycles. The number of nitrogens with zero attached hydrogens (tertiary/aromatic N) is 1. The van der Waals surface area contributed by atoms with Gasteiger partial charge in [-0.3, -0.25) is 0 Å². The normalized spacial score (nSPS) is 19.3. The molecule has 0 spiro atoms. The largest absolute Gasteiger partial charge is 0.396 e. The van der Waals surface area contributed by atoms with Gasteiger partial charge in [0.2, 0.25) is 10.0 Å². The first-order valence-electron chi connectivity index (χ1n) is 6.72. The molecule has 2 N–H and O–H groups in total. The zero-order valence-corrected chi connectivity index (χ0v) is 13.3. The van der Waals surface area contributed by atoms with E-state index in [1.807, 2.05) is 0 Å². The molecule has 118 valence electrons. The Morgan fingerprint density at radius 2 is 2.24 bits per heavy atom. The molecular weight excluding hydrogens is 319 g/mol. The van der Waals surface area contributed by atoms with Crippen LogP contribution in [0.3, 0.4) is 0 Å². The summed E-state index contributed by atoms with van der Waals surface area (Å²) >= 11 is 5.79. The summed E-state index contributed by atoms with van der Waals surface area (Å²) in [4.78, 5) is -0.493. The Morgan fingerprint density at radius 3 is 2.81 bits per heavy atom. The maximum atomic E-state index is 14.1. The van der Waals surface area contributed by atoms with Gasteiger partial charge in [0, 0.05) is 24.7 Å². The first kappa shape index (κ1) is 16.5. The van der Waals surface area contributed by atoms with Crippen molar-refractivity contribution in [2.45, 2.75) is 30.8 Å². The van der Waals surface area contributed by atoms with Gasteiger partial charge in [-0.2, -0.15) is 4.31 Å². The van der Waals surface area contributed by atoms with Crippen molar-refractivity contribution in [3.05, 3.63) is 23.0 Å². The van der Waals surface area contributed by atoms with Crippen molar-refractivity contribution in [1.29, 1.82) is 0 Å². The third-order valence-electron chi connectivity index (χ3n) is 3.43. The number of sulfonamides is 1. The van der Waals surface area contributed by atoms with Crippen LogP contribution in [0.2, 0.25) is 5.02 Å². The quantitative estimate of drug-likeness (QED) is 0.837. The number of nitrogen functional groups attached to an aromatic ring is 1. The maximum Gasteiger partial charge on any atom is 0.246 e.